The van der Waals surface area contributed by atoms with E-state index in [4.69, 9.17) is 5.73 Å². The Labute approximate surface area is 120 Å². The topological polar surface area (TPSA) is 55.0 Å². The SMILES string of the molecule is CCN(Cc1ccc(N)cc1)c1ncncc1I. The lowest BCUT2D eigenvalue weighted by atomic mass is 10.2. The molecule has 18 heavy (non-hydrogen) atoms. The average Bonchev–Trinajstić information content (AvgIpc) is 2.39. The van der Waals surface area contributed by atoms with Gasteiger partial charge in [0.1, 0.15) is 12.1 Å². The zero-order chi connectivity index (χ0) is 13.0. The van der Waals surface area contributed by atoms with Gasteiger partial charge in [0.15, 0.2) is 0 Å². The summed E-state index contributed by atoms with van der Waals surface area (Å²) in [6.45, 7) is 3.84. The summed E-state index contributed by atoms with van der Waals surface area (Å²) in [7, 11) is 0. The Morgan fingerprint density at radius 3 is 2.61 bits per heavy atom. The molecule has 0 saturated carbocycles. The van der Waals surface area contributed by atoms with Crippen LogP contribution >= 0.6 is 22.6 Å². The number of halogens is 1. The van der Waals surface area contributed by atoms with Crippen LogP contribution in [0, 0.1) is 3.57 Å². The molecule has 0 aliphatic heterocycles. The lowest BCUT2D eigenvalue weighted by Gasteiger charge is -2.22. The molecular weight excluding hydrogens is 339 g/mol. The van der Waals surface area contributed by atoms with E-state index in [1.807, 2.05) is 30.5 Å². The summed E-state index contributed by atoms with van der Waals surface area (Å²) in [5, 5.41) is 0. The van der Waals surface area contributed by atoms with Crippen LogP contribution in [0.2, 0.25) is 0 Å². The molecule has 2 N–H and O–H groups in total. The number of anilines is 2. The van der Waals surface area contributed by atoms with E-state index in [0.717, 1.165) is 28.2 Å². The summed E-state index contributed by atoms with van der Waals surface area (Å²) in [5.41, 5.74) is 7.70. The molecule has 0 amide bonds. The van der Waals surface area contributed by atoms with Crippen LogP contribution in [0.5, 0.6) is 0 Å². The van der Waals surface area contributed by atoms with Gasteiger partial charge in [-0.1, -0.05) is 12.1 Å². The normalized spacial score (nSPS) is 10.3. The van der Waals surface area contributed by atoms with Gasteiger partial charge in [-0.15, -0.1) is 0 Å². The van der Waals surface area contributed by atoms with E-state index in [1.165, 1.54) is 5.56 Å². The largest absolute Gasteiger partial charge is 0.399 e. The Bertz CT molecular complexity index is 513. The summed E-state index contributed by atoms with van der Waals surface area (Å²) < 4.78 is 1.06. The molecule has 0 atom stereocenters. The highest BCUT2D eigenvalue weighted by Gasteiger charge is 2.10. The van der Waals surface area contributed by atoms with Crippen molar-refractivity contribution >= 4 is 34.1 Å². The second-order valence-corrected chi connectivity index (χ2v) is 5.11. The molecule has 1 aromatic carbocycles. The molecular formula is C13H15IN4. The van der Waals surface area contributed by atoms with E-state index < -0.39 is 0 Å². The van der Waals surface area contributed by atoms with Crippen molar-refractivity contribution in [3.05, 3.63) is 45.9 Å². The quantitative estimate of drug-likeness (QED) is 0.678. The second-order valence-electron chi connectivity index (χ2n) is 3.95. The predicted octanol–water partition coefficient (Wildman–Crippen LogP) is 2.69. The summed E-state index contributed by atoms with van der Waals surface area (Å²) in [6.07, 6.45) is 3.41. The van der Waals surface area contributed by atoms with Crippen molar-refractivity contribution in [3.8, 4) is 0 Å². The molecule has 5 heteroatoms. The molecule has 0 bridgehead atoms. The van der Waals surface area contributed by atoms with E-state index in [1.54, 1.807) is 6.33 Å². The van der Waals surface area contributed by atoms with Gasteiger partial charge in [-0.25, -0.2) is 9.97 Å². The summed E-state index contributed by atoms with van der Waals surface area (Å²) in [6, 6.07) is 7.94. The number of hydrogen-bond donors (Lipinski definition) is 1. The third-order valence-electron chi connectivity index (χ3n) is 2.68. The molecule has 2 aromatic rings. The average molecular weight is 354 g/mol. The van der Waals surface area contributed by atoms with Gasteiger partial charge in [0.25, 0.3) is 0 Å². The van der Waals surface area contributed by atoms with Gasteiger partial charge >= 0.3 is 0 Å². The summed E-state index contributed by atoms with van der Waals surface area (Å²) >= 11 is 2.26. The fraction of sp³-hybridized carbons (Fsp3) is 0.231. The van der Waals surface area contributed by atoms with Crippen LogP contribution in [0.4, 0.5) is 11.5 Å². The fourth-order valence-corrected chi connectivity index (χ4v) is 2.36. The maximum Gasteiger partial charge on any atom is 0.145 e. The Morgan fingerprint density at radius 1 is 1.28 bits per heavy atom. The van der Waals surface area contributed by atoms with Crippen molar-refractivity contribution in [1.82, 2.24) is 9.97 Å². The Balaban J connectivity index is 2.20. The molecule has 2 rings (SSSR count). The monoisotopic (exact) mass is 354 g/mol. The van der Waals surface area contributed by atoms with Crippen LogP contribution in [0.15, 0.2) is 36.8 Å². The number of benzene rings is 1. The van der Waals surface area contributed by atoms with Gasteiger partial charge in [-0.05, 0) is 47.2 Å². The van der Waals surface area contributed by atoms with Crippen LogP contribution in [0.1, 0.15) is 12.5 Å². The Hall–Kier alpha value is -1.37. The van der Waals surface area contributed by atoms with Crippen molar-refractivity contribution in [2.75, 3.05) is 17.2 Å². The zero-order valence-electron chi connectivity index (χ0n) is 10.2. The first-order valence-corrected chi connectivity index (χ1v) is 6.83. The first-order valence-electron chi connectivity index (χ1n) is 5.75. The maximum absolute atomic E-state index is 5.69. The first kappa shape index (κ1) is 13.1. The maximum atomic E-state index is 5.69. The number of hydrogen-bond acceptors (Lipinski definition) is 4. The zero-order valence-corrected chi connectivity index (χ0v) is 12.3. The lowest BCUT2D eigenvalue weighted by molar-refractivity contribution is 0.806. The van der Waals surface area contributed by atoms with Crippen molar-refractivity contribution in [2.45, 2.75) is 13.5 Å². The van der Waals surface area contributed by atoms with Crippen LogP contribution in [0.25, 0.3) is 0 Å². The van der Waals surface area contributed by atoms with E-state index in [0.29, 0.717) is 0 Å². The standard InChI is InChI=1S/C13H15IN4/c1-2-18(13-12(14)7-16-9-17-13)8-10-3-5-11(15)6-4-10/h3-7,9H,2,8,15H2,1H3. The van der Waals surface area contributed by atoms with Gasteiger partial charge in [0.2, 0.25) is 0 Å². The van der Waals surface area contributed by atoms with Crippen molar-refractivity contribution < 1.29 is 0 Å². The van der Waals surface area contributed by atoms with Gasteiger partial charge in [0, 0.05) is 25.0 Å². The third kappa shape index (κ3) is 3.10. The summed E-state index contributed by atoms with van der Waals surface area (Å²) in [5.74, 6) is 0.977. The van der Waals surface area contributed by atoms with Gasteiger partial charge in [-0.2, -0.15) is 0 Å². The summed E-state index contributed by atoms with van der Waals surface area (Å²) in [4.78, 5) is 10.6. The van der Waals surface area contributed by atoms with Crippen molar-refractivity contribution in [1.29, 1.82) is 0 Å². The molecule has 0 saturated heterocycles. The minimum absolute atomic E-state index is 0.790. The van der Waals surface area contributed by atoms with Crippen LogP contribution in [0.3, 0.4) is 0 Å². The molecule has 0 aliphatic rings. The van der Waals surface area contributed by atoms with Crippen molar-refractivity contribution in [2.24, 2.45) is 0 Å². The number of nitrogen functional groups attached to an aromatic ring is 1. The van der Waals surface area contributed by atoms with E-state index in [9.17, 15) is 0 Å². The van der Waals surface area contributed by atoms with Gasteiger partial charge in [-0.3, -0.25) is 0 Å². The van der Waals surface area contributed by atoms with E-state index in [-0.39, 0.29) is 0 Å². The first-order chi connectivity index (χ1) is 8.70. The molecule has 0 unspecified atom stereocenters. The number of nitrogens with two attached hydrogens (primary N) is 1. The minimum Gasteiger partial charge on any atom is -0.399 e. The highest BCUT2D eigenvalue weighted by Crippen LogP contribution is 2.20. The second kappa shape index (κ2) is 5.99. The molecule has 1 heterocycles. The fourth-order valence-electron chi connectivity index (χ4n) is 1.72. The third-order valence-corrected chi connectivity index (χ3v) is 3.44. The number of rotatable bonds is 4. The number of aromatic nitrogens is 2. The van der Waals surface area contributed by atoms with Crippen LogP contribution in [-0.4, -0.2) is 16.5 Å². The highest BCUT2D eigenvalue weighted by molar-refractivity contribution is 14.1. The molecule has 94 valence electrons. The van der Waals surface area contributed by atoms with E-state index >= 15 is 0 Å². The highest BCUT2D eigenvalue weighted by atomic mass is 127. The lowest BCUT2D eigenvalue weighted by Crippen LogP contribution is -2.24. The predicted molar refractivity (Wildman–Crippen MR) is 82.3 cm³/mol. The smallest absolute Gasteiger partial charge is 0.145 e. The minimum atomic E-state index is 0.790. The molecule has 0 spiro atoms. The molecule has 1 aromatic heterocycles. The Morgan fingerprint density at radius 2 is 2.00 bits per heavy atom. The van der Waals surface area contributed by atoms with Crippen molar-refractivity contribution in [3.63, 3.8) is 0 Å². The van der Waals surface area contributed by atoms with Crippen LogP contribution < -0.4 is 10.6 Å². The number of nitrogens with zero attached hydrogens (tertiary/aromatic N) is 3. The Kier molecular flexibility index (Phi) is 4.35. The van der Waals surface area contributed by atoms with Gasteiger partial charge in [0.05, 0.1) is 3.57 Å². The molecule has 0 fully saturated rings. The molecule has 0 aliphatic carbocycles. The molecule has 4 nitrogen and oxygen atoms in total. The van der Waals surface area contributed by atoms with Gasteiger partial charge < -0.3 is 10.6 Å². The van der Waals surface area contributed by atoms with Crippen LogP contribution in [-0.2, 0) is 6.54 Å². The van der Waals surface area contributed by atoms with E-state index in [2.05, 4.69) is 44.4 Å². The molecule has 0 radical (unpaired) electrons.